The molecular formula is C26H31N3OS. The molecule has 0 atom stereocenters. The summed E-state index contributed by atoms with van der Waals surface area (Å²) in [5.41, 5.74) is 5.16. The van der Waals surface area contributed by atoms with Crippen molar-refractivity contribution in [2.75, 3.05) is 0 Å². The van der Waals surface area contributed by atoms with Crippen LogP contribution >= 0.6 is 12.2 Å². The maximum absolute atomic E-state index is 12.9. The van der Waals surface area contributed by atoms with E-state index in [9.17, 15) is 4.79 Å². The second-order valence-corrected chi connectivity index (χ2v) is 9.16. The van der Waals surface area contributed by atoms with E-state index in [4.69, 9.17) is 12.2 Å². The molecule has 1 aliphatic carbocycles. The number of aromatic nitrogens is 1. The smallest absolute Gasteiger partial charge is 0.253 e. The fourth-order valence-corrected chi connectivity index (χ4v) is 4.66. The van der Waals surface area contributed by atoms with E-state index in [1.54, 1.807) is 0 Å². The summed E-state index contributed by atoms with van der Waals surface area (Å²) >= 11 is 5.83. The monoisotopic (exact) mass is 433 g/mol. The van der Waals surface area contributed by atoms with E-state index < -0.39 is 0 Å². The van der Waals surface area contributed by atoms with Gasteiger partial charge in [0.05, 0.1) is 6.54 Å². The SMILES string of the molecule is Cc1cc2cc(CN(Cc3ccccc3)C(=S)NC3CCCCC3)c(=O)[nH]c2cc1C. The van der Waals surface area contributed by atoms with E-state index in [2.05, 4.69) is 47.2 Å². The number of hydrogen-bond donors (Lipinski definition) is 2. The van der Waals surface area contributed by atoms with E-state index in [1.165, 1.54) is 36.0 Å². The number of hydrogen-bond acceptors (Lipinski definition) is 2. The highest BCUT2D eigenvalue weighted by Crippen LogP contribution is 2.20. The molecule has 0 aliphatic heterocycles. The first-order chi connectivity index (χ1) is 15.0. The van der Waals surface area contributed by atoms with Crippen LogP contribution in [0.15, 0.2) is 53.3 Å². The molecule has 4 rings (SSSR count). The summed E-state index contributed by atoms with van der Waals surface area (Å²) in [7, 11) is 0. The summed E-state index contributed by atoms with van der Waals surface area (Å²) in [6.45, 7) is 5.32. The van der Waals surface area contributed by atoms with Crippen molar-refractivity contribution in [2.45, 2.75) is 65.1 Å². The van der Waals surface area contributed by atoms with Gasteiger partial charge in [-0.25, -0.2) is 0 Å². The molecule has 0 bridgehead atoms. The summed E-state index contributed by atoms with van der Waals surface area (Å²) in [4.78, 5) is 18.1. The van der Waals surface area contributed by atoms with Crippen molar-refractivity contribution in [1.82, 2.24) is 15.2 Å². The molecule has 0 amide bonds. The van der Waals surface area contributed by atoms with E-state index in [1.807, 2.05) is 30.3 Å². The number of benzene rings is 2. The fourth-order valence-electron chi connectivity index (χ4n) is 4.36. The first kappa shape index (κ1) is 21.6. The minimum Gasteiger partial charge on any atom is -0.360 e. The number of pyridine rings is 1. The highest BCUT2D eigenvalue weighted by molar-refractivity contribution is 7.80. The van der Waals surface area contributed by atoms with Crippen molar-refractivity contribution in [1.29, 1.82) is 0 Å². The predicted molar refractivity (Wildman–Crippen MR) is 132 cm³/mol. The van der Waals surface area contributed by atoms with Gasteiger partial charge in [0.1, 0.15) is 0 Å². The lowest BCUT2D eigenvalue weighted by Crippen LogP contribution is -2.45. The lowest BCUT2D eigenvalue weighted by Gasteiger charge is -2.31. The topological polar surface area (TPSA) is 48.1 Å². The van der Waals surface area contributed by atoms with E-state index in [-0.39, 0.29) is 5.56 Å². The molecule has 0 radical (unpaired) electrons. The first-order valence-electron chi connectivity index (χ1n) is 11.2. The first-order valence-corrected chi connectivity index (χ1v) is 11.6. The van der Waals surface area contributed by atoms with Gasteiger partial charge in [-0.05, 0) is 79.2 Å². The van der Waals surface area contributed by atoms with Crippen LogP contribution in [0.25, 0.3) is 10.9 Å². The van der Waals surface area contributed by atoms with Crippen LogP contribution in [0.4, 0.5) is 0 Å². The second-order valence-electron chi connectivity index (χ2n) is 8.77. The van der Waals surface area contributed by atoms with Crippen molar-refractivity contribution >= 4 is 28.2 Å². The third-order valence-corrected chi connectivity index (χ3v) is 6.71. The van der Waals surface area contributed by atoms with Gasteiger partial charge < -0.3 is 15.2 Å². The summed E-state index contributed by atoms with van der Waals surface area (Å²) in [6, 6.07) is 16.9. The van der Waals surface area contributed by atoms with Gasteiger partial charge in [-0.1, -0.05) is 49.6 Å². The number of H-pyrrole nitrogens is 1. The standard InChI is InChI=1S/C26H31N3OS/c1-18-13-21-15-22(25(30)28-24(21)14-19(18)2)17-29(16-20-9-5-3-6-10-20)26(31)27-23-11-7-4-8-12-23/h3,5-6,9-10,13-15,23H,4,7-8,11-12,16-17H2,1-2H3,(H,27,31)(H,28,30). The van der Waals surface area contributed by atoms with Crippen molar-refractivity contribution < 1.29 is 0 Å². The maximum Gasteiger partial charge on any atom is 0.253 e. The van der Waals surface area contributed by atoms with Crippen LogP contribution in [0.3, 0.4) is 0 Å². The van der Waals surface area contributed by atoms with Gasteiger partial charge in [0.15, 0.2) is 5.11 Å². The Kier molecular flexibility index (Phi) is 6.71. The lowest BCUT2D eigenvalue weighted by molar-refractivity contribution is 0.362. The van der Waals surface area contributed by atoms with Gasteiger partial charge in [0, 0.05) is 23.7 Å². The molecule has 2 aromatic carbocycles. The molecule has 3 aromatic rings. The molecule has 1 fully saturated rings. The number of fused-ring (bicyclic) bond motifs is 1. The zero-order valence-corrected chi connectivity index (χ0v) is 19.2. The number of thiocarbonyl (C=S) groups is 1. The zero-order valence-electron chi connectivity index (χ0n) is 18.4. The van der Waals surface area contributed by atoms with Crippen molar-refractivity contribution in [3.05, 3.63) is 81.1 Å². The Balaban J connectivity index is 1.61. The number of nitrogens with one attached hydrogen (secondary N) is 2. The Hall–Kier alpha value is -2.66. The summed E-state index contributed by atoms with van der Waals surface area (Å²) < 4.78 is 0. The summed E-state index contributed by atoms with van der Waals surface area (Å²) in [5, 5.41) is 5.37. The maximum atomic E-state index is 12.9. The van der Waals surface area contributed by atoms with Crippen LogP contribution in [-0.2, 0) is 13.1 Å². The van der Waals surface area contributed by atoms with Crippen molar-refractivity contribution in [3.63, 3.8) is 0 Å². The summed E-state index contributed by atoms with van der Waals surface area (Å²) in [5.74, 6) is 0. The third-order valence-electron chi connectivity index (χ3n) is 6.33. The minimum atomic E-state index is -0.0470. The third kappa shape index (κ3) is 5.34. The molecular weight excluding hydrogens is 402 g/mol. The Morgan fingerprint density at radius 3 is 2.48 bits per heavy atom. The fraction of sp³-hybridized carbons (Fsp3) is 0.385. The van der Waals surface area contributed by atoms with Gasteiger partial charge in [-0.3, -0.25) is 4.79 Å². The molecule has 5 heteroatoms. The Bertz CT molecular complexity index is 1120. The van der Waals surface area contributed by atoms with Crippen LogP contribution in [0, 0.1) is 13.8 Å². The number of nitrogens with zero attached hydrogens (tertiary/aromatic N) is 1. The molecule has 162 valence electrons. The lowest BCUT2D eigenvalue weighted by atomic mass is 9.96. The molecule has 1 aromatic heterocycles. The van der Waals surface area contributed by atoms with E-state index in [0.29, 0.717) is 19.1 Å². The Morgan fingerprint density at radius 2 is 1.74 bits per heavy atom. The molecule has 0 spiro atoms. The zero-order chi connectivity index (χ0) is 21.8. The highest BCUT2D eigenvalue weighted by atomic mass is 32.1. The number of aryl methyl sites for hydroxylation is 2. The normalized spacial score (nSPS) is 14.5. The average molecular weight is 434 g/mol. The molecule has 0 saturated heterocycles. The van der Waals surface area contributed by atoms with Gasteiger partial charge in [0.2, 0.25) is 0 Å². The van der Waals surface area contributed by atoms with Gasteiger partial charge in [0.25, 0.3) is 5.56 Å². The molecule has 1 heterocycles. The van der Waals surface area contributed by atoms with E-state index >= 15 is 0 Å². The van der Waals surface area contributed by atoms with Crippen LogP contribution in [0.5, 0.6) is 0 Å². The van der Waals surface area contributed by atoms with Crippen LogP contribution < -0.4 is 10.9 Å². The Labute approximate surface area is 189 Å². The average Bonchev–Trinajstić information content (AvgIpc) is 2.76. The molecule has 4 nitrogen and oxygen atoms in total. The molecule has 2 N–H and O–H groups in total. The second kappa shape index (κ2) is 9.65. The number of rotatable bonds is 5. The van der Waals surface area contributed by atoms with E-state index in [0.717, 1.165) is 34.4 Å². The molecule has 1 aliphatic rings. The van der Waals surface area contributed by atoms with Crippen LogP contribution in [0.1, 0.15) is 54.4 Å². The molecule has 1 saturated carbocycles. The van der Waals surface area contributed by atoms with Gasteiger partial charge in [-0.2, -0.15) is 0 Å². The van der Waals surface area contributed by atoms with Gasteiger partial charge >= 0.3 is 0 Å². The minimum absolute atomic E-state index is 0.0470. The largest absolute Gasteiger partial charge is 0.360 e. The van der Waals surface area contributed by atoms with Crippen LogP contribution in [0.2, 0.25) is 0 Å². The quantitative estimate of drug-likeness (QED) is 0.532. The van der Waals surface area contributed by atoms with Crippen molar-refractivity contribution in [2.24, 2.45) is 0 Å². The van der Waals surface area contributed by atoms with Gasteiger partial charge in [-0.15, -0.1) is 0 Å². The highest BCUT2D eigenvalue weighted by Gasteiger charge is 2.19. The number of aromatic amines is 1. The van der Waals surface area contributed by atoms with Crippen LogP contribution in [-0.4, -0.2) is 21.0 Å². The molecule has 31 heavy (non-hydrogen) atoms. The molecule has 0 unspecified atom stereocenters. The Morgan fingerprint density at radius 1 is 1.03 bits per heavy atom. The predicted octanol–water partition coefficient (Wildman–Crippen LogP) is 5.35. The van der Waals surface area contributed by atoms with Crippen molar-refractivity contribution in [3.8, 4) is 0 Å². The summed E-state index contributed by atoms with van der Waals surface area (Å²) in [6.07, 6.45) is 6.14.